The highest BCUT2D eigenvalue weighted by atomic mass is 16.4. The lowest BCUT2D eigenvalue weighted by molar-refractivity contribution is -0.139. The predicted molar refractivity (Wildman–Crippen MR) is 52.9 cm³/mol. The number of carbonyl (C=O) groups is 1. The van der Waals surface area contributed by atoms with E-state index in [0.717, 1.165) is 5.69 Å². The van der Waals surface area contributed by atoms with Crippen molar-refractivity contribution >= 4 is 5.97 Å². The van der Waals surface area contributed by atoms with Crippen LogP contribution in [0.15, 0.2) is 24.4 Å². The number of hydrogen-bond donors (Lipinski definition) is 2. The minimum Gasteiger partial charge on any atom is -0.480 e. The van der Waals surface area contributed by atoms with Gasteiger partial charge in [-0.15, -0.1) is 0 Å². The molecule has 0 saturated heterocycles. The van der Waals surface area contributed by atoms with Crippen molar-refractivity contribution in [3.63, 3.8) is 0 Å². The van der Waals surface area contributed by atoms with Crippen LogP contribution in [-0.2, 0) is 4.79 Å². The Morgan fingerprint density at radius 3 is 2.71 bits per heavy atom. The molecule has 0 aliphatic carbocycles. The minimum atomic E-state index is -0.854. The van der Waals surface area contributed by atoms with Crippen LogP contribution in [0.3, 0.4) is 0 Å². The fraction of sp³-hybridized carbons (Fsp3) is 0.400. The third kappa shape index (κ3) is 2.81. The summed E-state index contributed by atoms with van der Waals surface area (Å²) in [5.74, 6) is -0.854. The summed E-state index contributed by atoms with van der Waals surface area (Å²) in [5.41, 5.74) is 0.848. The largest absolute Gasteiger partial charge is 0.480 e. The van der Waals surface area contributed by atoms with E-state index in [-0.39, 0.29) is 6.04 Å². The number of nitrogens with one attached hydrogen (secondary N) is 1. The molecule has 1 heterocycles. The van der Waals surface area contributed by atoms with Gasteiger partial charge in [-0.2, -0.15) is 0 Å². The maximum absolute atomic E-state index is 10.6. The Labute approximate surface area is 83.0 Å². The van der Waals surface area contributed by atoms with Crippen LogP contribution in [0.5, 0.6) is 0 Å². The van der Waals surface area contributed by atoms with E-state index in [1.807, 2.05) is 25.1 Å². The number of nitrogens with zero attached hydrogens (tertiary/aromatic N) is 1. The highest BCUT2D eigenvalue weighted by Crippen LogP contribution is 2.08. The van der Waals surface area contributed by atoms with Crippen LogP contribution < -0.4 is 5.32 Å². The smallest absolute Gasteiger partial charge is 0.320 e. The van der Waals surface area contributed by atoms with E-state index in [9.17, 15) is 4.79 Å². The van der Waals surface area contributed by atoms with Gasteiger partial charge in [-0.05, 0) is 26.0 Å². The molecule has 4 heteroatoms. The number of pyridine rings is 1. The van der Waals surface area contributed by atoms with Crippen molar-refractivity contribution in [2.24, 2.45) is 0 Å². The maximum Gasteiger partial charge on any atom is 0.320 e. The summed E-state index contributed by atoms with van der Waals surface area (Å²) < 4.78 is 0. The maximum atomic E-state index is 10.6. The van der Waals surface area contributed by atoms with Crippen molar-refractivity contribution in [1.82, 2.24) is 10.3 Å². The fourth-order valence-electron chi connectivity index (χ4n) is 1.16. The molecule has 4 nitrogen and oxygen atoms in total. The van der Waals surface area contributed by atoms with Gasteiger partial charge in [-0.25, -0.2) is 0 Å². The number of aliphatic carboxylic acids is 1. The normalized spacial score (nSPS) is 14.7. The monoisotopic (exact) mass is 194 g/mol. The average Bonchev–Trinajstić information content (AvgIpc) is 2.19. The zero-order valence-corrected chi connectivity index (χ0v) is 8.27. The molecule has 14 heavy (non-hydrogen) atoms. The molecule has 0 amide bonds. The molecule has 0 aliphatic rings. The van der Waals surface area contributed by atoms with Crippen LogP contribution in [-0.4, -0.2) is 22.1 Å². The molecule has 2 unspecified atom stereocenters. The van der Waals surface area contributed by atoms with Crippen LogP contribution in [0, 0.1) is 0 Å². The van der Waals surface area contributed by atoms with E-state index in [2.05, 4.69) is 10.3 Å². The molecule has 0 radical (unpaired) electrons. The molecule has 1 aromatic rings. The number of hydrogen-bond acceptors (Lipinski definition) is 3. The lowest BCUT2D eigenvalue weighted by Crippen LogP contribution is -2.35. The lowest BCUT2D eigenvalue weighted by Gasteiger charge is -2.16. The van der Waals surface area contributed by atoms with E-state index in [0.29, 0.717) is 0 Å². The molecule has 0 spiro atoms. The summed E-state index contributed by atoms with van der Waals surface area (Å²) in [6.07, 6.45) is 1.69. The van der Waals surface area contributed by atoms with Crippen LogP contribution in [0.25, 0.3) is 0 Å². The van der Waals surface area contributed by atoms with Gasteiger partial charge < -0.3 is 5.11 Å². The van der Waals surface area contributed by atoms with Gasteiger partial charge in [0, 0.05) is 12.2 Å². The third-order valence-corrected chi connectivity index (χ3v) is 2.00. The summed E-state index contributed by atoms with van der Waals surface area (Å²) in [5, 5.41) is 11.6. The van der Waals surface area contributed by atoms with Crippen molar-refractivity contribution in [2.45, 2.75) is 25.9 Å². The van der Waals surface area contributed by atoms with Gasteiger partial charge in [-0.3, -0.25) is 15.1 Å². The molecular weight excluding hydrogens is 180 g/mol. The summed E-state index contributed by atoms with van der Waals surface area (Å²) in [7, 11) is 0. The molecule has 1 aromatic heterocycles. The van der Waals surface area contributed by atoms with Gasteiger partial charge in [0.15, 0.2) is 0 Å². The van der Waals surface area contributed by atoms with Crippen molar-refractivity contribution in [2.75, 3.05) is 0 Å². The summed E-state index contributed by atoms with van der Waals surface area (Å²) in [6.45, 7) is 3.50. The van der Waals surface area contributed by atoms with Gasteiger partial charge in [-0.1, -0.05) is 6.07 Å². The number of aromatic nitrogens is 1. The van der Waals surface area contributed by atoms with E-state index in [4.69, 9.17) is 5.11 Å². The Kier molecular flexibility index (Phi) is 3.59. The van der Waals surface area contributed by atoms with Gasteiger partial charge >= 0.3 is 5.97 Å². The van der Waals surface area contributed by atoms with E-state index in [1.165, 1.54) is 0 Å². The van der Waals surface area contributed by atoms with Crippen molar-refractivity contribution in [3.05, 3.63) is 30.1 Å². The first-order chi connectivity index (χ1) is 6.61. The van der Waals surface area contributed by atoms with Crippen molar-refractivity contribution < 1.29 is 9.90 Å². The summed E-state index contributed by atoms with van der Waals surface area (Å²) >= 11 is 0. The Balaban J connectivity index is 2.59. The molecule has 0 bridgehead atoms. The molecule has 0 aromatic carbocycles. The SMILES string of the molecule is CC(NC(C)c1ccccn1)C(=O)O. The third-order valence-electron chi connectivity index (χ3n) is 2.00. The zero-order chi connectivity index (χ0) is 10.6. The van der Waals surface area contributed by atoms with E-state index < -0.39 is 12.0 Å². The predicted octanol–water partition coefficient (Wildman–Crippen LogP) is 1.21. The summed E-state index contributed by atoms with van der Waals surface area (Å²) in [4.78, 5) is 14.7. The molecule has 76 valence electrons. The molecule has 0 saturated carbocycles. The first-order valence-corrected chi connectivity index (χ1v) is 4.51. The Morgan fingerprint density at radius 2 is 2.21 bits per heavy atom. The lowest BCUT2D eigenvalue weighted by atomic mass is 10.2. The topological polar surface area (TPSA) is 62.2 Å². The van der Waals surface area contributed by atoms with Gasteiger partial charge in [0.25, 0.3) is 0 Å². The molecule has 0 aliphatic heterocycles. The van der Waals surface area contributed by atoms with E-state index >= 15 is 0 Å². The van der Waals surface area contributed by atoms with Crippen molar-refractivity contribution in [3.8, 4) is 0 Å². The van der Waals surface area contributed by atoms with Gasteiger partial charge in [0.2, 0.25) is 0 Å². The Hall–Kier alpha value is -1.42. The molecule has 0 fully saturated rings. The Bertz CT molecular complexity index is 300. The second-order valence-corrected chi connectivity index (χ2v) is 3.20. The quantitative estimate of drug-likeness (QED) is 0.756. The van der Waals surface area contributed by atoms with Crippen LogP contribution >= 0.6 is 0 Å². The van der Waals surface area contributed by atoms with Crippen LogP contribution in [0.1, 0.15) is 25.6 Å². The van der Waals surface area contributed by atoms with Gasteiger partial charge in [0.05, 0.1) is 5.69 Å². The van der Waals surface area contributed by atoms with Crippen LogP contribution in [0.4, 0.5) is 0 Å². The first kappa shape index (κ1) is 10.7. The molecule has 2 atom stereocenters. The highest BCUT2D eigenvalue weighted by molar-refractivity contribution is 5.72. The number of rotatable bonds is 4. The second-order valence-electron chi connectivity index (χ2n) is 3.20. The standard InChI is InChI=1S/C10H14N2O2/c1-7(12-8(2)10(13)14)9-5-3-4-6-11-9/h3-8,12H,1-2H3,(H,13,14). The number of carboxylic acids is 1. The highest BCUT2D eigenvalue weighted by Gasteiger charge is 2.14. The van der Waals surface area contributed by atoms with Gasteiger partial charge in [0.1, 0.15) is 6.04 Å². The summed E-state index contributed by atoms with van der Waals surface area (Å²) in [6, 6.07) is 4.96. The van der Waals surface area contributed by atoms with Crippen LogP contribution in [0.2, 0.25) is 0 Å². The molecular formula is C10H14N2O2. The Morgan fingerprint density at radius 1 is 1.50 bits per heavy atom. The fourth-order valence-corrected chi connectivity index (χ4v) is 1.16. The minimum absolute atomic E-state index is 0.0534. The second kappa shape index (κ2) is 4.72. The first-order valence-electron chi connectivity index (χ1n) is 4.51. The zero-order valence-electron chi connectivity index (χ0n) is 8.27. The molecule has 2 N–H and O–H groups in total. The van der Waals surface area contributed by atoms with E-state index in [1.54, 1.807) is 13.1 Å². The van der Waals surface area contributed by atoms with Crippen molar-refractivity contribution in [1.29, 1.82) is 0 Å². The average molecular weight is 194 g/mol. The number of carboxylic acid groups (broad SMARTS) is 1. The molecule has 1 rings (SSSR count).